The van der Waals surface area contributed by atoms with Gasteiger partial charge in [0.25, 0.3) is 0 Å². The van der Waals surface area contributed by atoms with Gasteiger partial charge in [-0.05, 0) is 82.9 Å². The molecule has 2 aliphatic rings. The van der Waals surface area contributed by atoms with E-state index in [1.165, 1.54) is 36.7 Å². The summed E-state index contributed by atoms with van der Waals surface area (Å²) in [5.41, 5.74) is 1.03. The predicted octanol–water partition coefficient (Wildman–Crippen LogP) is 3.05. The Balaban J connectivity index is 1.33. The normalized spacial score (nSPS) is 21.1. The molecule has 1 atom stereocenters. The van der Waals surface area contributed by atoms with Gasteiger partial charge in [0, 0.05) is 43.3 Å². The van der Waals surface area contributed by atoms with Crippen LogP contribution in [-0.2, 0) is 21.4 Å². The number of amides is 1. The molecule has 8 heteroatoms. The first-order valence-electron chi connectivity index (χ1n) is 12.1. The number of carbonyl (C=O) groups excluding carboxylic acids is 1. The Hall–Kier alpha value is -1.90. The maximum atomic E-state index is 13.3. The second kappa shape index (κ2) is 10.4. The average molecular weight is 461 g/mol. The number of sulfonamides is 1. The van der Waals surface area contributed by atoms with Gasteiger partial charge in [-0.1, -0.05) is 6.42 Å². The first-order chi connectivity index (χ1) is 15.5. The molecule has 0 bridgehead atoms. The summed E-state index contributed by atoms with van der Waals surface area (Å²) in [4.78, 5) is 15.5. The summed E-state index contributed by atoms with van der Waals surface area (Å²) >= 11 is 0. The summed E-state index contributed by atoms with van der Waals surface area (Å²) in [6, 6.07) is 7.27. The zero-order chi connectivity index (χ0) is 22.6. The predicted molar refractivity (Wildman–Crippen MR) is 127 cm³/mol. The number of benzene rings is 1. The quantitative estimate of drug-likeness (QED) is 0.615. The topological polar surface area (TPSA) is 74.6 Å². The summed E-state index contributed by atoms with van der Waals surface area (Å²) in [6.07, 6.45) is 8.24. The molecule has 0 radical (unpaired) electrons. The van der Waals surface area contributed by atoms with E-state index in [4.69, 9.17) is 0 Å². The van der Waals surface area contributed by atoms with Gasteiger partial charge in [0.05, 0.1) is 10.8 Å². The Labute approximate surface area is 191 Å². The van der Waals surface area contributed by atoms with Gasteiger partial charge in [-0.2, -0.15) is 4.31 Å². The van der Waals surface area contributed by atoms with Crippen molar-refractivity contribution in [3.8, 4) is 0 Å². The number of hydrogen-bond acceptors (Lipinski definition) is 4. The number of piperidine rings is 2. The third-order valence-electron chi connectivity index (χ3n) is 6.87. The molecular formula is C24H36N4O3S. The van der Waals surface area contributed by atoms with Crippen molar-refractivity contribution in [2.75, 3.05) is 39.3 Å². The monoisotopic (exact) mass is 460 g/mol. The van der Waals surface area contributed by atoms with Crippen LogP contribution in [0.4, 0.5) is 0 Å². The number of nitrogens with one attached hydrogen (secondary N) is 1. The van der Waals surface area contributed by atoms with E-state index in [2.05, 4.69) is 21.7 Å². The second-order valence-corrected chi connectivity index (χ2v) is 11.0. The van der Waals surface area contributed by atoms with Gasteiger partial charge < -0.3 is 14.8 Å². The van der Waals surface area contributed by atoms with Crippen molar-refractivity contribution in [2.45, 2.75) is 56.9 Å². The van der Waals surface area contributed by atoms with Gasteiger partial charge >= 0.3 is 0 Å². The molecule has 1 N–H and O–H groups in total. The van der Waals surface area contributed by atoms with Crippen molar-refractivity contribution in [1.29, 1.82) is 0 Å². The summed E-state index contributed by atoms with van der Waals surface area (Å²) < 4.78 is 30.2. The highest BCUT2D eigenvalue weighted by Gasteiger charge is 2.33. The summed E-state index contributed by atoms with van der Waals surface area (Å²) in [6.45, 7) is 7.64. The molecule has 0 aliphatic carbocycles. The zero-order valence-electron chi connectivity index (χ0n) is 19.1. The van der Waals surface area contributed by atoms with Crippen LogP contribution >= 0.6 is 0 Å². The number of nitrogens with zero attached hydrogens (tertiary/aromatic N) is 3. The lowest BCUT2D eigenvalue weighted by molar-refractivity contribution is -0.126. The Morgan fingerprint density at radius 2 is 1.91 bits per heavy atom. The van der Waals surface area contributed by atoms with Crippen molar-refractivity contribution in [2.24, 2.45) is 5.92 Å². The number of aryl methyl sites for hydroxylation is 1. The lowest BCUT2D eigenvalue weighted by Crippen LogP contribution is -2.45. The van der Waals surface area contributed by atoms with Gasteiger partial charge in [0.2, 0.25) is 15.9 Å². The van der Waals surface area contributed by atoms with E-state index >= 15 is 0 Å². The van der Waals surface area contributed by atoms with E-state index in [0.29, 0.717) is 24.4 Å². The molecule has 2 saturated heterocycles. The molecule has 1 aromatic carbocycles. The number of carbonyl (C=O) groups is 1. The van der Waals surface area contributed by atoms with Crippen molar-refractivity contribution >= 4 is 26.8 Å². The average Bonchev–Trinajstić information content (AvgIpc) is 3.25. The highest BCUT2D eigenvalue weighted by Crippen LogP contribution is 2.27. The minimum absolute atomic E-state index is 0.0148. The van der Waals surface area contributed by atoms with Gasteiger partial charge in [0.15, 0.2) is 0 Å². The van der Waals surface area contributed by atoms with Crippen molar-refractivity contribution in [3.05, 3.63) is 30.5 Å². The molecule has 1 aromatic heterocycles. The Kier molecular flexibility index (Phi) is 7.53. The minimum Gasteiger partial charge on any atom is -0.356 e. The summed E-state index contributed by atoms with van der Waals surface area (Å²) in [5.74, 6) is -0.294. The number of likely N-dealkylation sites (tertiary alicyclic amines) is 1. The lowest BCUT2D eigenvalue weighted by atomic mass is 9.99. The molecule has 3 heterocycles. The fourth-order valence-electron chi connectivity index (χ4n) is 4.98. The summed E-state index contributed by atoms with van der Waals surface area (Å²) in [7, 11) is -3.62. The SMILES string of the molecule is CCn1ccc2cc(S(=O)(=O)N3CCC[C@H](C(=O)NCCCN4CCCCC4)C3)ccc21. The number of aromatic nitrogens is 1. The van der Waals surface area contributed by atoms with Crippen LogP contribution in [0.25, 0.3) is 10.9 Å². The first-order valence-corrected chi connectivity index (χ1v) is 13.5. The molecule has 0 unspecified atom stereocenters. The molecule has 32 heavy (non-hydrogen) atoms. The van der Waals surface area contributed by atoms with Crippen LogP contribution in [0, 0.1) is 5.92 Å². The molecule has 176 valence electrons. The lowest BCUT2D eigenvalue weighted by Gasteiger charge is -2.31. The summed E-state index contributed by atoms with van der Waals surface area (Å²) in [5, 5.41) is 3.97. The fourth-order valence-corrected chi connectivity index (χ4v) is 6.54. The Morgan fingerprint density at radius 1 is 1.09 bits per heavy atom. The third kappa shape index (κ3) is 5.18. The number of hydrogen-bond donors (Lipinski definition) is 1. The van der Waals surface area contributed by atoms with Crippen LogP contribution in [0.5, 0.6) is 0 Å². The van der Waals surface area contributed by atoms with E-state index < -0.39 is 10.0 Å². The van der Waals surface area contributed by atoms with Crippen LogP contribution in [-0.4, -0.2) is 67.4 Å². The van der Waals surface area contributed by atoms with Crippen molar-refractivity contribution in [3.63, 3.8) is 0 Å². The molecule has 7 nitrogen and oxygen atoms in total. The van der Waals surface area contributed by atoms with Crippen molar-refractivity contribution in [1.82, 2.24) is 19.1 Å². The molecular weight excluding hydrogens is 424 g/mol. The maximum Gasteiger partial charge on any atom is 0.243 e. The zero-order valence-corrected chi connectivity index (χ0v) is 19.9. The van der Waals surface area contributed by atoms with Gasteiger partial charge in [-0.3, -0.25) is 4.79 Å². The molecule has 1 amide bonds. The van der Waals surface area contributed by atoms with E-state index in [0.717, 1.165) is 36.8 Å². The van der Waals surface area contributed by atoms with Crippen LogP contribution in [0.1, 0.15) is 45.4 Å². The molecule has 0 spiro atoms. The Morgan fingerprint density at radius 3 is 2.69 bits per heavy atom. The van der Waals surface area contributed by atoms with E-state index in [1.54, 1.807) is 12.1 Å². The molecule has 2 fully saturated rings. The highest BCUT2D eigenvalue weighted by atomic mass is 32.2. The molecule has 2 aromatic rings. The van der Waals surface area contributed by atoms with Gasteiger partial charge in [0.1, 0.15) is 0 Å². The smallest absolute Gasteiger partial charge is 0.243 e. The Bertz CT molecular complexity index is 1030. The third-order valence-corrected chi connectivity index (χ3v) is 8.74. The standard InChI is InChI=1S/C24H36N4O3S/c1-2-27-17-11-20-18-22(9-10-23(20)27)32(30,31)28-16-6-8-21(19-28)24(29)25-12-7-15-26-13-4-3-5-14-26/h9-11,17-18,21H,2-8,12-16,19H2,1H3,(H,25,29)/t21-/m0/s1. The van der Waals surface area contributed by atoms with Gasteiger partial charge in [-0.25, -0.2) is 8.42 Å². The number of rotatable bonds is 8. The highest BCUT2D eigenvalue weighted by molar-refractivity contribution is 7.89. The maximum absolute atomic E-state index is 13.3. The second-order valence-electron chi connectivity index (χ2n) is 9.07. The fraction of sp³-hybridized carbons (Fsp3) is 0.625. The van der Waals surface area contributed by atoms with E-state index in [-0.39, 0.29) is 18.4 Å². The van der Waals surface area contributed by atoms with Crippen LogP contribution < -0.4 is 5.32 Å². The van der Waals surface area contributed by atoms with Crippen LogP contribution in [0.15, 0.2) is 35.4 Å². The number of fused-ring (bicyclic) bond motifs is 1. The minimum atomic E-state index is -3.62. The molecule has 4 rings (SSSR count). The molecule has 0 saturated carbocycles. The van der Waals surface area contributed by atoms with Crippen molar-refractivity contribution < 1.29 is 13.2 Å². The van der Waals surface area contributed by atoms with Crippen LogP contribution in [0.2, 0.25) is 0 Å². The van der Waals surface area contributed by atoms with Gasteiger partial charge in [-0.15, -0.1) is 0 Å². The largest absolute Gasteiger partial charge is 0.356 e. The van der Waals surface area contributed by atoms with Crippen LogP contribution in [0.3, 0.4) is 0 Å². The van der Waals surface area contributed by atoms with E-state index in [9.17, 15) is 13.2 Å². The molecule has 2 aliphatic heterocycles. The van der Waals surface area contributed by atoms with E-state index in [1.807, 2.05) is 18.3 Å². The first kappa shape index (κ1) is 23.3.